The zero-order chi connectivity index (χ0) is 12.5. The highest BCUT2D eigenvalue weighted by molar-refractivity contribution is 7.89. The van der Waals surface area contributed by atoms with Crippen molar-refractivity contribution in [2.45, 2.75) is 51.0 Å². The second-order valence-electron chi connectivity index (χ2n) is 5.42. The minimum absolute atomic E-state index is 0.214. The zero-order valence-corrected chi connectivity index (χ0v) is 11.2. The van der Waals surface area contributed by atoms with Crippen molar-refractivity contribution in [2.75, 3.05) is 12.3 Å². The van der Waals surface area contributed by atoms with Gasteiger partial charge in [-0.25, -0.2) is 8.42 Å². The summed E-state index contributed by atoms with van der Waals surface area (Å²) in [6, 6.07) is 2.31. The third-order valence-electron chi connectivity index (χ3n) is 4.14. The van der Waals surface area contributed by atoms with Crippen molar-refractivity contribution < 1.29 is 8.42 Å². The van der Waals surface area contributed by atoms with Crippen LogP contribution in [0.1, 0.15) is 45.4 Å². The van der Waals surface area contributed by atoms with E-state index in [1.54, 1.807) is 0 Å². The lowest BCUT2D eigenvalue weighted by Crippen LogP contribution is -2.55. The Morgan fingerprint density at radius 2 is 1.94 bits per heavy atom. The molecule has 0 amide bonds. The van der Waals surface area contributed by atoms with Gasteiger partial charge in [0.05, 0.1) is 11.8 Å². The number of hydrogen-bond acceptors (Lipinski definition) is 3. The number of nitriles is 1. The van der Waals surface area contributed by atoms with Crippen molar-refractivity contribution in [2.24, 2.45) is 5.92 Å². The monoisotopic (exact) mass is 256 g/mol. The second-order valence-corrected chi connectivity index (χ2v) is 7.43. The third kappa shape index (κ3) is 2.34. The topological polar surface area (TPSA) is 61.2 Å². The average Bonchev–Trinajstić information content (AvgIpc) is 2.31. The summed E-state index contributed by atoms with van der Waals surface area (Å²) >= 11 is 0. The van der Waals surface area contributed by atoms with Gasteiger partial charge in [0.2, 0.25) is 10.0 Å². The van der Waals surface area contributed by atoms with E-state index in [-0.39, 0.29) is 5.75 Å². The fourth-order valence-electron chi connectivity index (χ4n) is 2.93. The van der Waals surface area contributed by atoms with Crippen LogP contribution in [0.15, 0.2) is 0 Å². The highest BCUT2D eigenvalue weighted by atomic mass is 32.2. The van der Waals surface area contributed by atoms with E-state index in [4.69, 9.17) is 0 Å². The molecule has 0 spiro atoms. The molecule has 1 heterocycles. The maximum Gasteiger partial charge on any atom is 0.215 e. The quantitative estimate of drug-likeness (QED) is 0.719. The lowest BCUT2D eigenvalue weighted by atomic mass is 9.78. The molecule has 5 heteroatoms. The molecule has 0 atom stereocenters. The fourth-order valence-corrected chi connectivity index (χ4v) is 4.88. The Labute approximate surface area is 104 Å². The van der Waals surface area contributed by atoms with Gasteiger partial charge in [-0.05, 0) is 44.4 Å². The normalized spacial score (nSPS) is 38.5. The minimum Gasteiger partial charge on any atom is -0.212 e. The maximum absolute atomic E-state index is 12.1. The highest BCUT2D eigenvalue weighted by Crippen LogP contribution is 2.38. The first-order valence-corrected chi connectivity index (χ1v) is 8.03. The van der Waals surface area contributed by atoms with Crippen LogP contribution in [0.25, 0.3) is 0 Å². The number of hydrogen-bond donors (Lipinski definition) is 0. The molecule has 0 radical (unpaired) electrons. The van der Waals surface area contributed by atoms with Crippen molar-refractivity contribution in [1.29, 1.82) is 5.26 Å². The van der Waals surface area contributed by atoms with E-state index >= 15 is 0 Å². The largest absolute Gasteiger partial charge is 0.215 e. The predicted molar refractivity (Wildman–Crippen MR) is 65.7 cm³/mol. The molecule has 0 aromatic heterocycles. The van der Waals surface area contributed by atoms with Gasteiger partial charge in [0, 0.05) is 6.54 Å². The predicted octanol–water partition coefficient (Wildman–Crippen LogP) is 1.88. The average molecular weight is 256 g/mol. The van der Waals surface area contributed by atoms with E-state index in [2.05, 4.69) is 13.0 Å². The van der Waals surface area contributed by atoms with Crippen molar-refractivity contribution in [1.82, 2.24) is 4.31 Å². The summed E-state index contributed by atoms with van der Waals surface area (Å²) in [6.07, 6.45) is 4.93. The second kappa shape index (κ2) is 4.58. The van der Waals surface area contributed by atoms with Gasteiger partial charge in [-0.15, -0.1) is 0 Å². The molecule has 17 heavy (non-hydrogen) atoms. The van der Waals surface area contributed by atoms with E-state index in [1.807, 2.05) is 0 Å². The van der Waals surface area contributed by atoms with Crippen molar-refractivity contribution in [3.63, 3.8) is 0 Å². The minimum atomic E-state index is -3.20. The molecular weight excluding hydrogens is 236 g/mol. The van der Waals surface area contributed by atoms with Crippen LogP contribution in [0.3, 0.4) is 0 Å². The van der Waals surface area contributed by atoms with E-state index in [9.17, 15) is 13.7 Å². The SMILES string of the molecule is CC1CCC(C#N)(N2CCCCS2(=O)=O)CC1. The van der Waals surface area contributed by atoms with Gasteiger partial charge in [0.15, 0.2) is 0 Å². The van der Waals surface area contributed by atoms with Gasteiger partial charge in [0.1, 0.15) is 5.54 Å². The zero-order valence-electron chi connectivity index (χ0n) is 10.4. The molecule has 0 aromatic carbocycles. The third-order valence-corrected chi connectivity index (χ3v) is 6.14. The Bertz CT molecular complexity index is 416. The summed E-state index contributed by atoms with van der Waals surface area (Å²) in [5.41, 5.74) is -0.744. The van der Waals surface area contributed by atoms with E-state index in [1.165, 1.54) is 4.31 Å². The van der Waals surface area contributed by atoms with Gasteiger partial charge >= 0.3 is 0 Å². The molecule has 1 aliphatic carbocycles. The first-order valence-electron chi connectivity index (χ1n) is 6.42. The lowest BCUT2D eigenvalue weighted by Gasteiger charge is -2.43. The molecule has 2 aliphatic rings. The Hall–Kier alpha value is -0.600. The fraction of sp³-hybridized carbons (Fsp3) is 0.917. The molecule has 1 aliphatic heterocycles. The van der Waals surface area contributed by atoms with Gasteiger partial charge in [-0.1, -0.05) is 6.92 Å². The molecule has 0 unspecified atom stereocenters. The van der Waals surface area contributed by atoms with E-state index in [0.717, 1.165) is 25.7 Å². The smallest absolute Gasteiger partial charge is 0.212 e. The molecule has 0 N–H and O–H groups in total. The summed E-state index contributed by atoms with van der Waals surface area (Å²) in [5, 5.41) is 9.46. The summed E-state index contributed by atoms with van der Waals surface area (Å²) in [4.78, 5) is 0. The number of sulfonamides is 1. The summed E-state index contributed by atoms with van der Waals surface area (Å²) in [7, 11) is -3.20. The summed E-state index contributed by atoms with van der Waals surface area (Å²) in [5.74, 6) is 0.829. The van der Waals surface area contributed by atoms with Crippen LogP contribution in [-0.4, -0.2) is 30.6 Å². The summed E-state index contributed by atoms with van der Waals surface area (Å²) in [6.45, 7) is 2.70. The van der Waals surface area contributed by atoms with E-state index in [0.29, 0.717) is 25.3 Å². The van der Waals surface area contributed by atoms with E-state index < -0.39 is 15.6 Å². The van der Waals surface area contributed by atoms with Crippen LogP contribution in [-0.2, 0) is 10.0 Å². The molecule has 0 aromatic rings. The Balaban J connectivity index is 2.26. The molecular formula is C12H20N2O2S. The van der Waals surface area contributed by atoms with Crippen LogP contribution in [0.4, 0.5) is 0 Å². The van der Waals surface area contributed by atoms with Gasteiger partial charge < -0.3 is 0 Å². The van der Waals surface area contributed by atoms with Crippen LogP contribution in [0, 0.1) is 17.2 Å². The standard InChI is InChI=1S/C12H20N2O2S/c1-11-4-6-12(10-13,7-5-11)14-8-2-3-9-17(14,15)16/h11H,2-9H2,1H3. The molecule has 96 valence electrons. The Morgan fingerprint density at radius 1 is 1.29 bits per heavy atom. The molecule has 0 bridgehead atoms. The van der Waals surface area contributed by atoms with Crippen LogP contribution < -0.4 is 0 Å². The van der Waals surface area contributed by atoms with Crippen molar-refractivity contribution in [3.05, 3.63) is 0 Å². The van der Waals surface area contributed by atoms with Crippen LogP contribution in [0.2, 0.25) is 0 Å². The first kappa shape index (κ1) is 12.8. The lowest BCUT2D eigenvalue weighted by molar-refractivity contribution is 0.154. The Morgan fingerprint density at radius 3 is 2.47 bits per heavy atom. The summed E-state index contributed by atoms with van der Waals surface area (Å²) < 4.78 is 25.7. The molecule has 1 saturated heterocycles. The molecule has 1 saturated carbocycles. The van der Waals surface area contributed by atoms with Crippen molar-refractivity contribution in [3.8, 4) is 6.07 Å². The van der Waals surface area contributed by atoms with Crippen molar-refractivity contribution >= 4 is 10.0 Å². The highest BCUT2D eigenvalue weighted by Gasteiger charge is 2.46. The molecule has 2 fully saturated rings. The number of nitrogens with zero attached hydrogens (tertiary/aromatic N) is 2. The van der Waals surface area contributed by atoms with Gasteiger partial charge in [0.25, 0.3) is 0 Å². The van der Waals surface area contributed by atoms with Gasteiger partial charge in [-0.2, -0.15) is 9.57 Å². The molecule has 4 nitrogen and oxygen atoms in total. The van der Waals surface area contributed by atoms with Crippen LogP contribution >= 0.6 is 0 Å². The van der Waals surface area contributed by atoms with Gasteiger partial charge in [-0.3, -0.25) is 0 Å². The number of rotatable bonds is 1. The Kier molecular flexibility index (Phi) is 3.46. The maximum atomic E-state index is 12.1. The first-order chi connectivity index (χ1) is 8.00. The van der Waals surface area contributed by atoms with Crippen LogP contribution in [0.5, 0.6) is 0 Å². The molecule has 2 rings (SSSR count).